The molecule has 3 rings (SSSR count). The molecule has 1 aromatic carbocycles. The Morgan fingerprint density at radius 1 is 1.33 bits per heavy atom. The zero-order valence-electron chi connectivity index (χ0n) is 13.0. The van der Waals surface area contributed by atoms with Crippen LogP contribution >= 0.6 is 11.8 Å². The number of hydrogen-bond acceptors (Lipinski definition) is 4. The fourth-order valence-electron chi connectivity index (χ4n) is 3.01. The third-order valence-corrected chi connectivity index (χ3v) is 4.88. The summed E-state index contributed by atoms with van der Waals surface area (Å²) in [6.07, 6.45) is 2.52. The summed E-state index contributed by atoms with van der Waals surface area (Å²) >= 11 is 0.345. The zero-order valence-corrected chi connectivity index (χ0v) is 13.8. The van der Waals surface area contributed by atoms with Crippen LogP contribution in [-0.4, -0.2) is 38.5 Å². The molecule has 0 bridgehead atoms. The molecule has 1 amide bonds. The van der Waals surface area contributed by atoms with Gasteiger partial charge in [-0.1, -0.05) is 12.1 Å². The van der Waals surface area contributed by atoms with Crippen molar-refractivity contribution in [1.82, 2.24) is 14.9 Å². The second kappa shape index (κ2) is 7.48. The first-order valence-electron chi connectivity index (χ1n) is 7.90. The van der Waals surface area contributed by atoms with Crippen molar-refractivity contribution in [3.8, 4) is 0 Å². The normalized spacial score (nSPS) is 21.3. The maximum Gasteiger partial charge on any atom is 0.291 e. The molecule has 0 radical (unpaired) electrons. The van der Waals surface area contributed by atoms with Crippen LogP contribution in [0.5, 0.6) is 0 Å². The van der Waals surface area contributed by atoms with Gasteiger partial charge in [-0.05, 0) is 49.6 Å². The van der Waals surface area contributed by atoms with Crippen LogP contribution in [0.2, 0.25) is 0 Å². The van der Waals surface area contributed by atoms with E-state index in [2.05, 4.69) is 10.3 Å². The molecular formula is C16H19F2N3O2S. The van der Waals surface area contributed by atoms with Crippen LogP contribution in [0.4, 0.5) is 8.78 Å². The van der Waals surface area contributed by atoms with Crippen LogP contribution < -0.4 is 5.32 Å². The van der Waals surface area contributed by atoms with E-state index < -0.39 is 5.76 Å². The van der Waals surface area contributed by atoms with E-state index in [-0.39, 0.29) is 29.8 Å². The highest BCUT2D eigenvalue weighted by Gasteiger charge is 2.22. The van der Waals surface area contributed by atoms with Crippen molar-refractivity contribution in [3.05, 3.63) is 24.3 Å². The molecule has 0 spiro atoms. The molecule has 1 heterocycles. The van der Waals surface area contributed by atoms with Crippen LogP contribution in [0.3, 0.4) is 0 Å². The first kappa shape index (κ1) is 17.2. The number of rotatable bonds is 5. The molecule has 1 fully saturated rings. The summed E-state index contributed by atoms with van der Waals surface area (Å²) in [5, 5.41) is 12.6. The number of amides is 1. The van der Waals surface area contributed by atoms with Crippen molar-refractivity contribution in [1.29, 1.82) is 0 Å². The highest BCUT2D eigenvalue weighted by atomic mass is 32.2. The van der Waals surface area contributed by atoms with E-state index in [0.29, 0.717) is 35.6 Å². The van der Waals surface area contributed by atoms with E-state index in [1.54, 1.807) is 24.3 Å². The highest BCUT2D eigenvalue weighted by Crippen LogP contribution is 2.28. The van der Waals surface area contributed by atoms with E-state index in [4.69, 9.17) is 0 Å². The topological polar surface area (TPSA) is 67.2 Å². The van der Waals surface area contributed by atoms with Crippen molar-refractivity contribution in [2.24, 2.45) is 0 Å². The number of fused-ring (bicyclic) bond motifs is 1. The standard InChI is InChI=1S/C16H19F2N3O2S/c17-15(18)24-16-20-12-3-1-2-4-13(12)21(16)9-14(23)19-10-5-7-11(22)8-6-10/h1-4,10-11,15,22H,5-9H2,(H,19,23). The number of para-hydroxylation sites is 2. The number of nitrogens with zero attached hydrogens (tertiary/aromatic N) is 2. The summed E-state index contributed by atoms with van der Waals surface area (Å²) in [5.41, 5.74) is 1.25. The van der Waals surface area contributed by atoms with Gasteiger partial charge in [0.05, 0.1) is 17.1 Å². The van der Waals surface area contributed by atoms with Gasteiger partial charge in [0.2, 0.25) is 5.91 Å². The summed E-state index contributed by atoms with van der Waals surface area (Å²) in [5.74, 6) is -2.82. The molecule has 2 aromatic rings. The third-order valence-electron chi connectivity index (χ3n) is 4.18. The molecule has 0 atom stereocenters. The lowest BCUT2D eigenvalue weighted by Crippen LogP contribution is -2.40. The number of aliphatic hydroxyl groups excluding tert-OH is 1. The number of halogens is 2. The Morgan fingerprint density at radius 3 is 2.75 bits per heavy atom. The smallest absolute Gasteiger partial charge is 0.291 e. The lowest BCUT2D eigenvalue weighted by atomic mass is 9.93. The van der Waals surface area contributed by atoms with Gasteiger partial charge in [0, 0.05) is 6.04 Å². The number of aliphatic hydroxyl groups is 1. The van der Waals surface area contributed by atoms with Crippen molar-refractivity contribution in [2.45, 2.75) is 55.3 Å². The Hall–Kier alpha value is -1.67. The Labute approximate surface area is 142 Å². The Morgan fingerprint density at radius 2 is 2.04 bits per heavy atom. The summed E-state index contributed by atoms with van der Waals surface area (Å²) in [7, 11) is 0. The predicted molar refractivity (Wildman–Crippen MR) is 88.0 cm³/mol. The van der Waals surface area contributed by atoms with Crippen molar-refractivity contribution < 1.29 is 18.7 Å². The number of aromatic nitrogens is 2. The predicted octanol–water partition coefficient (Wildman–Crippen LogP) is 2.77. The van der Waals surface area contributed by atoms with E-state index >= 15 is 0 Å². The first-order valence-corrected chi connectivity index (χ1v) is 8.78. The molecule has 0 saturated heterocycles. The van der Waals surface area contributed by atoms with Crippen LogP contribution in [0.15, 0.2) is 29.4 Å². The molecule has 0 aliphatic heterocycles. The van der Waals surface area contributed by atoms with Crippen LogP contribution in [0.25, 0.3) is 11.0 Å². The number of imidazole rings is 1. The molecule has 130 valence electrons. The maximum atomic E-state index is 12.8. The van der Waals surface area contributed by atoms with E-state index in [1.165, 1.54) is 4.57 Å². The second-order valence-corrected chi connectivity index (χ2v) is 6.88. The summed E-state index contributed by atoms with van der Waals surface area (Å²) < 4.78 is 27.0. The SMILES string of the molecule is O=C(Cn1c(SC(F)F)nc2ccccc21)NC1CCC(O)CC1. The Bertz CT molecular complexity index is 714. The number of nitrogens with one attached hydrogen (secondary N) is 1. The van der Waals surface area contributed by atoms with Gasteiger partial charge in [-0.2, -0.15) is 8.78 Å². The minimum absolute atomic E-state index is 0.0295. The molecule has 8 heteroatoms. The average Bonchev–Trinajstić information content (AvgIpc) is 2.86. The molecule has 1 aromatic heterocycles. The van der Waals surface area contributed by atoms with Crippen LogP contribution in [0, 0.1) is 0 Å². The monoisotopic (exact) mass is 355 g/mol. The van der Waals surface area contributed by atoms with E-state index in [9.17, 15) is 18.7 Å². The molecule has 1 aliphatic rings. The van der Waals surface area contributed by atoms with Crippen molar-refractivity contribution >= 4 is 28.7 Å². The van der Waals surface area contributed by atoms with Gasteiger partial charge >= 0.3 is 0 Å². The van der Waals surface area contributed by atoms with Crippen LogP contribution in [0.1, 0.15) is 25.7 Å². The first-order chi connectivity index (χ1) is 11.5. The molecule has 2 N–H and O–H groups in total. The van der Waals surface area contributed by atoms with Gasteiger partial charge in [-0.15, -0.1) is 0 Å². The lowest BCUT2D eigenvalue weighted by Gasteiger charge is -2.26. The van der Waals surface area contributed by atoms with Crippen LogP contribution in [-0.2, 0) is 11.3 Å². The fraction of sp³-hybridized carbons (Fsp3) is 0.500. The summed E-state index contributed by atoms with van der Waals surface area (Å²) in [4.78, 5) is 16.5. The minimum atomic E-state index is -2.59. The fourth-order valence-corrected chi connectivity index (χ4v) is 3.61. The quantitative estimate of drug-likeness (QED) is 0.810. The van der Waals surface area contributed by atoms with Gasteiger partial charge in [-0.25, -0.2) is 4.98 Å². The molecular weight excluding hydrogens is 336 g/mol. The molecule has 1 aliphatic carbocycles. The molecule has 1 saturated carbocycles. The zero-order chi connectivity index (χ0) is 17.1. The lowest BCUT2D eigenvalue weighted by molar-refractivity contribution is -0.122. The Balaban J connectivity index is 1.74. The van der Waals surface area contributed by atoms with Crippen molar-refractivity contribution in [3.63, 3.8) is 0 Å². The Kier molecular flexibility index (Phi) is 5.35. The van der Waals surface area contributed by atoms with Gasteiger partial charge in [0.15, 0.2) is 5.16 Å². The van der Waals surface area contributed by atoms with Gasteiger partial charge in [0.25, 0.3) is 5.76 Å². The largest absolute Gasteiger partial charge is 0.393 e. The average molecular weight is 355 g/mol. The maximum absolute atomic E-state index is 12.8. The number of carbonyl (C=O) groups is 1. The van der Waals surface area contributed by atoms with Gasteiger partial charge in [-0.3, -0.25) is 4.79 Å². The summed E-state index contributed by atoms with van der Waals surface area (Å²) in [6, 6.07) is 7.10. The number of thioether (sulfide) groups is 1. The number of carbonyl (C=O) groups excluding carboxylic acids is 1. The highest BCUT2D eigenvalue weighted by molar-refractivity contribution is 7.99. The van der Waals surface area contributed by atoms with E-state index in [0.717, 1.165) is 12.8 Å². The van der Waals surface area contributed by atoms with E-state index in [1.807, 2.05) is 0 Å². The number of alkyl halides is 2. The minimum Gasteiger partial charge on any atom is -0.393 e. The van der Waals surface area contributed by atoms with Crippen molar-refractivity contribution in [2.75, 3.05) is 0 Å². The number of hydrogen-bond donors (Lipinski definition) is 2. The molecule has 24 heavy (non-hydrogen) atoms. The third kappa shape index (κ3) is 4.05. The van der Waals surface area contributed by atoms with Gasteiger partial charge < -0.3 is 15.0 Å². The molecule has 5 nitrogen and oxygen atoms in total. The molecule has 0 unspecified atom stereocenters. The summed E-state index contributed by atoms with van der Waals surface area (Å²) in [6.45, 7) is -0.0470. The number of benzene rings is 1. The second-order valence-electron chi connectivity index (χ2n) is 5.92. The van der Waals surface area contributed by atoms with Gasteiger partial charge in [0.1, 0.15) is 6.54 Å².